The van der Waals surface area contributed by atoms with Gasteiger partial charge in [-0.05, 0) is 18.6 Å². The molecule has 0 spiro atoms. The number of carbonyl (C=O) groups excluding carboxylic acids is 1. The Morgan fingerprint density at radius 1 is 1.53 bits per heavy atom. The summed E-state index contributed by atoms with van der Waals surface area (Å²) in [6, 6.07) is 4.92. The van der Waals surface area contributed by atoms with Crippen molar-refractivity contribution in [2.24, 2.45) is 0 Å². The first-order valence-corrected chi connectivity index (χ1v) is 5.54. The van der Waals surface area contributed by atoms with Gasteiger partial charge in [0.2, 0.25) is 5.91 Å². The quantitative estimate of drug-likeness (QED) is 0.832. The number of carboxylic acids is 1. The number of hydrogen-bond acceptors (Lipinski definition) is 3. The van der Waals surface area contributed by atoms with Crippen LogP contribution in [0.15, 0.2) is 18.2 Å². The van der Waals surface area contributed by atoms with E-state index in [1.54, 1.807) is 18.2 Å². The van der Waals surface area contributed by atoms with Gasteiger partial charge in [-0.1, -0.05) is 13.0 Å². The van der Waals surface area contributed by atoms with Crippen LogP contribution in [0.5, 0.6) is 0 Å². The number of carbonyl (C=O) groups is 2. The Morgan fingerprint density at radius 3 is 2.94 bits per heavy atom. The molecule has 2 N–H and O–H groups in total. The number of anilines is 2. The van der Waals surface area contributed by atoms with Crippen LogP contribution in [0.3, 0.4) is 0 Å². The molecule has 0 fully saturated rings. The average Bonchev–Trinajstić information content (AvgIpc) is 2.28. The summed E-state index contributed by atoms with van der Waals surface area (Å²) in [6.07, 6.45) is 0.862. The molecule has 5 nitrogen and oxygen atoms in total. The Bertz CT molecular complexity index is 471. The summed E-state index contributed by atoms with van der Waals surface area (Å²) in [5.41, 5.74) is 1.42. The Hall–Kier alpha value is -2.04. The van der Waals surface area contributed by atoms with Gasteiger partial charge in [-0.2, -0.15) is 0 Å². The molecular weight excluding hydrogens is 220 g/mol. The standard InChI is InChI=1S/C12H14N2O3/c1-2-6-14-7-10(15)13-9-5-3-4-8(11(9)14)12(16)17/h3-5H,2,6-7H2,1H3,(H,13,15)(H,16,17). The minimum Gasteiger partial charge on any atom is -0.478 e. The van der Waals surface area contributed by atoms with E-state index >= 15 is 0 Å². The normalized spacial score (nSPS) is 14.2. The predicted octanol–water partition coefficient (Wildman–Crippen LogP) is 1.55. The summed E-state index contributed by atoms with van der Waals surface area (Å²) in [4.78, 5) is 24.5. The lowest BCUT2D eigenvalue weighted by molar-refractivity contribution is -0.115. The average molecular weight is 234 g/mol. The van der Waals surface area contributed by atoms with Crippen LogP contribution >= 0.6 is 0 Å². The molecule has 1 aromatic carbocycles. The van der Waals surface area contributed by atoms with Crippen LogP contribution in [0.2, 0.25) is 0 Å². The first kappa shape index (κ1) is 11.4. The van der Waals surface area contributed by atoms with Gasteiger partial charge in [0, 0.05) is 6.54 Å². The maximum Gasteiger partial charge on any atom is 0.337 e. The van der Waals surface area contributed by atoms with E-state index in [0.717, 1.165) is 6.42 Å². The third kappa shape index (κ3) is 2.08. The second-order valence-electron chi connectivity index (χ2n) is 3.98. The van der Waals surface area contributed by atoms with Gasteiger partial charge in [0.25, 0.3) is 0 Å². The van der Waals surface area contributed by atoms with Crippen LogP contribution in [0.1, 0.15) is 23.7 Å². The van der Waals surface area contributed by atoms with Gasteiger partial charge in [-0.3, -0.25) is 4.79 Å². The molecular formula is C12H14N2O3. The zero-order chi connectivity index (χ0) is 12.4. The predicted molar refractivity (Wildman–Crippen MR) is 64.5 cm³/mol. The van der Waals surface area contributed by atoms with Crippen molar-refractivity contribution in [1.29, 1.82) is 0 Å². The molecule has 1 aliphatic heterocycles. The van der Waals surface area contributed by atoms with E-state index in [2.05, 4.69) is 5.32 Å². The molecule has 0 unspecified atom stereocenters. The molecule has 0 radical (unpaired) electrons. The number of nitrogens with one attached hydrogen (secondary N) is 1. The van der Waals surface area contributed by atoms with Crippen molar-refractivity contribution in [2.75, 3.05) is 23.3 Å². The Balaban J connectivity index is 2.52. The van der Waals surface area contributed by atoms with Crippen molar-refractivity contribution in [3.8, 4) is 0 Å². The number of benzene rings is 1. The maximum absolute atomic E-state index is 11.5. The van der Waals surface area contributed by atoms with Gasteiger partial charge >= 0.3 is 5.97 Å². The van der Waals surface area contributed by atoms with E-state index in [4.69, 9.17) is 5.11 Å². The Morgan fingerprint density at radius 2 is 2.29 bits per heavy atom. The van der Waals surface area contributed by atoms with Crippen LogP contribution in [0.4, 0.5) is 11.4 Å². The fourth-order valence-electron chi connectivity index (χ4n) is 2.06. The van der Waals surface area contributed by atoms with Gasteiger partial charge in [-0.25, -0.2) is 4.79 Å². The fourth-order valence-corrected chi connectivity index (χ4v) is 2.06. The Labute approximate surface area is 99.0 Å². The number of fused-ring (bicyclic) bond motifs is 1. The number of carboxylic acid groups (broad SMARTS) is 1. The number of aromatic carboxylic acids is 1. The van der Waals surface area contributed by atoms with Crippen molar-refractivity contribution >= 4 is 23.3 Å². The van der Waals surface area contributed by atoms with Crippen LogP contribution in [-0.2, 0) is 4.79 Å². The molecule has 0 saturated heterocycles. The number of nitrogens with zero attached hydrogens (tertiary/aromatic N) is 1. The van der Waals surface area contributed by atoms with Crippen molar-refractivity contribution < 1.29 is 14.7 Å². The first-order valence-electron chi connectivity index (χ1n) is 5.54. The molecule has 5 heteroatoms. The highest BCUT2D eigenvalue weighted by atomic mass is 16.4. The highest BCUT2D eigenvalue weighted by Gasteiger charge is 2.26. The topological polar surface area (TPSA) is 69.6 Å². The molecule has 0 aliphatic carbocycles. The zero-order valence-electron chi connectivity index (χ0n) is 9.56. The summed E-state index contributed by atoms with van der Waals surface area (Å²) in [5, 5.41) is 11.9. The zero-order valence-corrected chi connectivity index (χ0v) is 9.56. The van der Waals surface area contributed by atoms with Gasteiger partial charge < -0.3 is 15.3 Å². The molecule has 0 saturated carbocycles. The number of hydrogen-bond donors (Lipinski definition) is 2. The molecule has 1 heterocycles. The third-order valence-electron chi connectivity index (χ3n) is 2.68. The van der Waals surface area contributed by atoms with Gasteiger partial charge in [0.15, 0.2) is 0 Å². The second-order valence-corrected chi connectivity index (χ2v) is 3.98. The lowest BCUT2D eigenvalue weighted by Crippen LogP contribution is -2.39. The summed E-state index contributed by atoms with van der Waals surface area (Å²) in [5.74, 6) is -1.08. The highest BCUT2D eigenvalue weighted by molar-refractivity contribution is 6.07. The van der Waals surface area contributed by atoms with E-state index in [0.29, 0.717) is 17.9 Å². The molecule has 0 atom stereocenters. The lowest BCUT2D eigenvalue weighted by Gasteiger charge is -2.31. The SMILES string of the molecule is CCCN1CC(=O)Nc2cccc(C(=O)O)c21. The smallest absolute Gasteiger partial charge is 0.337 e. The van der Waals surface area contributed by atoms with Crippen LogP contribution < -0.4 is 10.2 Å². The van der Waals surface area contributed by atoms with Gasteiger partial charge in [0.1, 0.15) is 0 Å². The third-order valence-corrected chi connectivity index (χ3v) is 2.68. The van der Waals surface area contributed by atoms with Crippen LogP contribution in [0.25, 0.3) is 0 Å². The minimum absolute atomic E-state index is 0.103. The molecule has 1 aromatic rings. The molecule has 0 bridgehead atoms. The molecule has 17 heavy (non-hydrogen) atoms. The monoisotopic (exact) mass is 234 g/mol. The molecule has 1 amide bonds. The maximum atomic E-state index is 11.5. The number of para-hydroxylation sites is 1. The summed E-state index contributed by atoms with van der Waals surface area (Å²) in [6.45, 7) is 2.88. The van der Waals surface area contributed by atoms with Crippen LogP contribution in [0, 0.1) is 0 Å². The summed E-state index contributed by atoms with van der Waals surface area (Å²) >= 11 is 0. The molecule has 90 valence electrons. The molecule has 0 aromatic heterocycles. The summed E-state index contributed by atoms with van der Waals surface area (Å²) < 4.78 is 0. The largest absolute Gasteiger partial charge is 0.478 e. The van der Waals surface area contributed by atoms with E-state index in [1.807, 2.05) is 11.8 Å². The van der Waals surface area contributed by atoms with Gasteiger partial charge in [-0.15, -0.1) is 0 Å². The van der Waals surface area contributed by atoms with E-state index in [1.165, 1.54) is 0 Å². The lowest BCUT2D eigenvalue weighted by atomic mass is 10.1. The van der Waals surface area contributed by atoms with Crippen molar-refractivity contribution in [2.45, 2.75) is 13.3 Å². The highest BCUT2D eigenvalue weighted by Crippen LogP contribution is 2.33. The molecule has 2 rings (SSSR count). The van der Waals surface area contributed by atoms with Crippen molar-refractivity contribution in [3.63, 3.8) is 0 Å². The number of amides is 1. The first-order chi connectivity index (χ1) is 8.13. The fraction of sp³-hybridized carbons (Fsp3) is 0.333. The van der Waals surface area contributed by atoms with E-state index in [-0.39, 0.29) is 18.0 Å². The van der Waals surface area contributed by atoms with E-state index in [9.17, 15) is 9.59 Å². The van der Waals surface area contributed by atoms with E-state index < -0.39 is 5.97 Å². The van der Waals surface area contributed by atoms with Crippen molar-refractivity contribution in [3.05, 3.63) is 23.8 Å². The van der Waals surface area contributed by atoms with Gasteiger partial charge in [0.05, 0.1) is 23.5 Å². The van der Waals surface area contributed by atoms with Crippen molar-refractivity contribution in [1.82, 2.24) is 0 Å². The minimum atomic E-state index is -0.973. The summed E-state index contributed by atoms with van der Waals surface area (Å²) in [7, 11) is 0. The number of rotatable bonds is 3. The molecule has 1 aliphatic rings. The Kier molecular flexibility index (Phi) is 2.99. The second kappa shape index (κ2) is 4.45. The van der Waals surface area contributed by atoms with Crippen LogP contribution in [-0.4, -0.2) is 30.1 Å².